The molecular weight excluding hydrogens is 502 g/mol. The summed E-state index contributed by atoms with van der Waals surface area (Å²) in [5.74, 6) is 0.0617. The van der Waals surface area contributed by atoms with Gasteiger partial charge in [0.05, 0.1) is 13.5 Å². The lowest BCUT2D eigenvalue weighted by atomic mass is 9.94. The zero-order valence-corrected chi connectivity index (χ0v) is 23.0. The van der Waals surface area contributed by atoms with Gasteiger partial charge in [-0.15, -0.1) is 0 Å². The zero-order chi connectivity index (χ0) is 28.1. The third-order valence-electron chi connectivity index (χ3n) is 7.71. The van der Waals surface area contributed by atoms with Crippen molar-refractivity contribution in [1.29, 1.82) is 0 Å². The lowest BCUT2D eigenvalue weighted by Gasteiger charge is -2.34. The molecule has 0 spiro atoms. The van der Waals surface area contributed by atoms with Gasteiger partial charge in [-0.05, 0) is 61.2 Å². The molecule has 206 valence electrons. The Bertz CT molecular complexity index is 1500. The zero-order valence-electron chi connectivity index (χ0n) is 23.0. The smallest absolute Gasteiger partial charge is 0.248 e. The van der Waals surface area contributed by atoms with E-state index < -0.39 is 6.04 Å². The van der Waals surface area contributed by atoms with Crippen LogP contribution in [0.1, 0.15) is 66.6 Å². The number of amides is 2. The number of methoxy groups -OCH3 is 1. The third-order valence-corrected chi connectivity index (χ3v) is 7.71. The highest BCUT2D eigenvalue weighted by atomic mass is 16.5. The highest BCUT2D eigenvalue weighted by Crippen LogP contribution is 2.32. The summed E-state index contributed by atoms with van der Waals surface area (Å²) in [5, 5.41) is 4.20. The van der Waals surface area contributed by atoms with E-state index in [1.54, 1.807) is 48.4 Å². The van der Waals surface area contributed by atoms with E-state index in [1.807, 2.05) is 42.6 Å². The second-order valence-corrected chi connectivity index (χ2v) is 10.4. The molecule has 2 N–H and O–H groups in total. The average molecular weight is 538 g/mol. The maximum Gasteiger partial charge on any atom is 0.248 e. The number of aromatic nitrogens is 1. The van der Waals surface area contributed by atoms with Crippen LogP contribution in [-0.4, -0.2) is 35.7 Å². The van der Waals surface area contributed by atoms with Crippen molar-refractivity contribution in [1.82, 2.24) is 10.3 Å². The number of benzene rings is 3. The number of Topliss-reactive ketones (excluding diaryl/α,β-unsaturated/α-hetero) is 1. The molecule has 1 aliphatic carbocycles. The fraction of sp³-hybridized carbons (Fsp3) is 0.303. The molecule has 0 aliphatic heterocycles. The van der Waals surface area contributed by atoms with Crippen LogP contribution < -0.4 is 15.0 Å². The lowest BCUT2D eigenvalue weighted by molar-refractivity contribution is -0.127. The fourth-order valence-electron chi connectivity index (χ4n) is 5.57. The van der Waals surface area contributed by atoms with E-state index in [9.17, 15) is 14.4 Å². The number of fused-ring (bicyclic) bond motifs is 1. The summed E-state index contributed by atoms with van der Waals surface area (Å²) in [4.78, 5) is 45.5. The Morgan fingerprint density at radius 1 is 0.975 bits per heavy atom. The van der Waals surface area contributed by atoms with Gasteiger partial charge < -0.3 is 15.0 Å². The van der Waals surface area contributed by atoms with Crippen molar-refractivity contribution in [3.05, 3.63) is 95.7 Å². The second-order valence-electron chi connectivity index (χ2n) is 10.4. The minimum absolute atomic E-state index is 0.0659. The molecule has 1 aromatic heterocycles. The molecule has 3 aromatic carbocycles. The van der Waals surface area contributed by atoms with E-state index in [4.69, 9.17) is 4.74 Å². The van der Waals surface area contributed by atoms with Crippen LogP contribution in [0.2, 0.25) is 0 Å². The molecule has 0 radical (unpaired) electrons. The predicted octanol–water partition coefficient (Wildman–Crippen LogP) is 6.15. The molecule has 40 heavy (non-hydrogen) atoms. The number of para-hydroxylation sites is 1. The van der Waals surface area contributed by atoms with Crippen LogP contribution in [0, 0.1) is 0 Å². The Kier molecular flexibility index (Phi) is 8.29. The van der Waals surface area contributed by atoms with Crippen LogP contribution >= 0.6 is 0 Å². The molecule has 7 nitrogen and oxygen atoms in total. The maximum absolute atomic E-state index is 14.3. The number of hydrogen-bond donors (Lipinski definition) is 2. The number of carbonyl (C=O) groups excluding carboxylic acids is 3. The molecule has 0 unspecified atom stereocenters. The third kappa shape index (κ3) is 5.93. The molecule has 2 amide bonds. The van der Waals surface area contributed by atoms with Crippen LogP contribution in [0.5, 0.6) is 5.75 Å². The van der Waals surface area contributed by atoms with Gasteiger partial charge in [0, 0.05) is 34.4 Å². The van der Waals surface area contributed by atoms with Gasteiger partial charge in [-0.1, -0.05) is 61.7 Å². The van der Waals surface area contributed by atoms with Crippen molar-refractivity contribution in [2.24, 2.45) is 0 Å². The summed E-state index contributed by atoms with van der Waals surface area (Å²) in [7, 11) is 1.59. The molecule has 0 saturated heterocycles. The van der Waals surface area contributed by atoms with E-state index >= 15 is 0 Å². The van der Waals surface area contributed by atoms with Gasteiger partial charge >= 0.3 is 0 Å². The first kappa shape index (κ1) is 27.2. The Balaban J connectivity index is 1.59. The van der Waals surface area contributed by atoms with Crippen molar-refractivity contribution in [2.45, 2.75) is 57.5 Å². The summed E-state index contributed by atoms with van der Waals surface area (Å²) in [6.45, 7) is 1.49. The van der Waals surface area contributed by atoms with Crippen LogP contribution in [0.3, 0.4) is 0 Å². The summed E-state index contributed by atoms with van der Waals surface area (Å²) in [6.07, 6.45) is 7.08. The first-order valence-electron chi connectivity index (χ1n) is 13.9. The quantitative estimate of drug-likeness (QED) is 0.251. The Labute approximate surface area is 234 Å². The van der Waals surface area contributed by atoms with E-state index in [-0.39, 0.29) is 30.1 Å². The Hall–Kier alpha value is -4.39. The number of nitrogens with one attached hydrogen (secondary N) is 2. The molecule has 1 atom stereocenters. The average Bonchev–Trinajstić information content (AvgIpc) is 3.39. The number of nitrogens with zero attached hydrogens (tertiary/aromatic N) is 1. The molecule has 5 rings (SSSR count). The number of ketones is 1. The van der Waals surface area contributed by atoms with Crippen molar-refractivity contribution >= 4 is 34.2 Å². The van der Waals surface area contributed by atoms with Gasteiger partial charge in [0.1, 0.15) is 11.8 Å². The molecule has 1 heterocycles. The van der Waals surface area contributed by atoms with Gasteiger partial charge in [-0.2, -0.15) is 0 Å². The molecule has 0 bridgehead atoms. The largest absolute Gasteiger partial charge is 0.497 e. The summed E-state index contributed by atoms with van der Waals surface area (Å²) in [5.41, 5.74) is 3.42. The highest BCUT2D eigenvalue weighted by Gasteiger charge is 2.34. The number of anilines is 1. The van der Waals surface area contributed by atoms with Gasteiger partial charge in [-0.25, -0.2) is 0 Å². The van der Waals surface area contributed by atoms with Crippen molar-refractivity contribution in [2.75, 3.05) is 12.0 Å². The van der Waals surface area contributed by atoms with Crippen LogP contribution in [0.4, 0.5) is 5.69 Å². The Morgan fingerprint density at radius 3 is 2.45 bits per heavy atom. The van der Waals surface area contributed by atoms with Gasteiger partial charge in [0.15, 0.2) is 5.78 Å². The number of rotatable bonds is 9. The van der Waals surface area contributed by atoms with Gasteiger partial charge in [0.2, 0.25) is 11.8 Å². The monoisotopic (exact) mass is 537 g/mol. The number of carbonyl (C=O) groups is 3. The van der Waals surface area contributed by atoms with Crippen molar-refractivity contribution in [3.63, 3.8) is 0 Å². The normalized spacial score (nSPS) is 14.4. The lowest BCUT2D eigenvalue weighted by Crippen LogP contribution is -2.47. The minimum atomic E-state index is -0.937. The van der Waals surface area contributed by atoms with Gasteiger partial charge in [0.25, 0.3) is 0 Å². The second kappa shape index (κ2) is 12.2. The number of hydrogen-bond acceptors (Lipinski definition) is 4. The number of H-pyrrole nitrogens is 1. The first-order chi connectivity index (χ1) is 19.4. The molecular formula is C33H35N3O4. The summed E-state index contributed by atoms with van der Waals surface area (Å²) < 4.78 is 5.35. The Morgan fingerprint density at radius 2 is 1.73 bits per heavy atom. The van der Waals surface area contributed by atoms with E-state index in [1.165, 1.54) is 13.3 Å². The number of ether oxygens (including phenoxy) is 1. The van der Waals surface area contributed by atoms with E-state index in [0.717, 1.165) is 42.1 Å². The predicted molar refractivity (Wildman–Crippen MR) is 157 cm³/mol. The van der Waals surface area contributed by atoms with E-state index in [0.29, 0.717) is 22.6 Å². The van der Waals surface area contributed by atoms with Crippen molar-refractivity contribution < 1.29 is 19.1 Å². The minimum Gasteiger partial charge on any atom is -0.497 e. The summed E-state index contributed by atoms with van der Waals surface area (Å²) >= 11 is 0. The molecule has 1 saturated carbocycles. The van der Waals surface area contributed by atoms with Crippen LogP contribution in [-0.2, 0) is 16.0 Å². The fourth-order valence-corrected chi connectivity index (χ4v) is 5.57. The van der Waals surface area contributed by atoms with Crippen LogP contribution in [0.25, 0.3) is 10.9 Å². The first-order valence-corrected chi connectivity index (χ1v) is 13.9. The SMILES string of the molecule is COc1ccc([C@@H](C(=O)NC2CCCCC2)N(C(=O)Cc2c[nH]c3ccccc23)c2cccc(C(C)=O)c2)cc1. The van der Waals surface area contributed by atoms with Gasteiger partial charge in [-0.3, -0.25) is 19.3 Å². The molecule has 1 fully saturated rings. The topological polar surface area (TPSA) is 91.5 Å². The maximum atomic E-state index is 14.3. The molecule has 4 aromatic rings. The molecule has 1 aliphatic rings. The van der Waals surface area contributed by atoms with E-state index in [2.05, 4.69) is 10.3 Å². The number of aromatic amines is 1. The van der Waals surface area contributed by atoms with Crippen LogP contribution in [0.15, 0.2) is 79.0 Å². The highest BCUT2D eigenvalue weighted by molar-refractivity contribution is 6.04. The van der Waals surface area contributed by atoms with Crippen molar-refractivity contribution in [3.8, 4) is 5.75 Å². The standard InChI is InChI=1S/C33H35N3O4/c1-22(37)24-9-8-12-27(19-24)36(31(38)20-25-21-34-30-14-7-6-13-29(25)30)32(23-15-17-28(40-2)18-16-23)33(39)35-26-10-4-3-5-11-26/h6-9,12-19,21,26,32,34H,3-5,10-11,20H2,1-2H3,(H,35,39)/t32-/m0/s1. The molecule has 7 heteroatoms. The summed E-state index contributed by atoms with van der Waals surface area (Å²) in [6, 6.07) is 21.1.